The van der Waals surface area contributed by atoms with Crippen molar-refractivity contribution in [2.45, 2.75) is 19.3 Å². The fourth-order valence-electron chi connectivity index (χ4n) is 10.1. The van der Waals surface area contributed by atoms with Gasteiger partial charge in [0.1, 0.15) is 0 Å². The summed E-state index contributed by atoms with van der Waals surface area (Å²) in [7, 11) is 0. The Balaban J connectivity index is 1.14. The molecule has 1 aliphatic carbocycles. The van der Waals surface area contributed by atoms with Gasteiger partial charge in [-0.15, -0.1) is 11.3 Å². The van der Waals surface area contributed by atoms with Crippen molar-refractivity contribution in [2.75, 3.05) is 0 Å². The van der Waals surface area contributed by atoms with Crippen LogP contribution in [0.5, 0.6) is 0 Å². The van der Waals surface area contributed by atoms with Crippen molar-refractivity contribution >= 4 is 74.6 Å². The molecule has 0 aliphatic heterocycles. The zero-order chi connectivity index (χ0) is 37.1. The molecule has 0 bridgehead atoms. The van der Waals surface area contributed by atoms with E-state index in [0.29, 0.717) is 0 Å². The molecule has 56 heavy (non-hydrogen) atoms. The Kier molecular flexibility index (Phi) is 6.66. The topological polar surface area (TPSA) is 0 Å². The minimum absolute atomic E-state index is 0.169. The molecule has 0 atom stereocenters. The molecule has 0 N–H and O–H groups in total. The van der Waals surface area contributed by atoms with E-state index in [2.05, 4.69) is 196 Å². The summed E-state index contributed by atoms with van der Waals surface area (Å²) in [5.74, 6) is 0. The van der Waals surface area contributed by atoms with Crippen molar-refractivity contribution in [2.24, 2.45) is 0 Å². The van der Waals surface area contributed by atoms with Gasteiger partial charge < -0.3 is 0 Å². The molecule has 1 aliphatic rings. The third kappa shape index (κ3) is 4.41. The first-order chi connectivity index (χ1) is 27.5. The first-order valence-electron chi connectivity index (χ1n) is 19.6. The lowest BCUT2D eigenvalue weighted by atomic mass is 9.78. The summed E-state index contributed by atoms with van der Waals surface area (Å²) >= 11 is 1.95. The van der Waals surface area contributed by atoms with E-state index in [1.165, 1.54) is 119 Å². The van der Waals surface area contributed by atoms with E-state index < -0.39 is 0 Å². The summed E-state index contributed by atoms with van der Waals surface area (Å²) in [5, 5.41) is 13.0. The molecule has 0 unspecified atom stereocenters. The van der Waals surface area contributed by atoms with Gasteiger partial charge in [0, 0.05) is 25.6 Å². The molecule has 1 aromatic heterocycles. The summed E-state index contributed by atoms with van der Waals surface area (Å²) in [6.07, 6.45) is 0. The molecular formula is C55H36S. The zero-order valence-corrected chi connectivity index (χ0v) is 32.0. The van der Waals surface area contributed by atoms with E-state index >= 15 is 0 Å². The van der Waals surface area contributed by atoms with Crippen LogP contribution in [0.3, 0.4) is 0 Å². The summed E-state index contributed by atoms with van der Waals surface area (Å²) in [4.78, 5) is 0. The number of hydrogen-bond acceptors (Lipinski definition) is 1. The van der Waals surface area contributed by atoms with Crippen LogP contribution in [0.4, 0.5) is 0 Å². The van der Waals surface area contributed by atoms with Gasteiger partial charge >= 0.3 is 0 Å². The number of hydrogen-bond donors (Lipinski definition) is 0. The maximum atomic E-state index is 2.51. The second kappa shape index (κ2) is 11.7. The van der Waals surface area contributed by atoms with Crippen LogP contribution in [0, 0.1) is 0 Å². The fraction of sp³-hybridized carbons (Fsp3) is 0.0545. The number of benzene rings is 10. The molecule has 0 radical (unpaired) electrons. The average molecular weight is 729 g/mol. The molecule has 262 valence electrons. The molecule has 0 amide bonds. The maximum Gasteiger partial charge on any atom is 0.0434 e. The molecule has 0 nitrogen and oxygen atoms in total. The zero-order valence-electron chi connectivity index (χ0n) is 31.2. The Morgan fingerprint density at radius 1 is 0.375 bits per heavy atom. The first kappa shape index (κ1) is 31.8. The van der Waals surface area contributed by atoms with Crippen molar-refractivity contribution in [1.29, 1.82) is 0 Å². The van der Waals surface area contributed by atoms with Gasteiger partial charge in [-0.3, -0.25) is 0 Å². The Labute approximate surface area is 329 Å². The second-order valence-corrected chi connectivity index (χ2v) is 17.0. The lowest BCUT2D eigenvalue weighted by molar-refractivity contribution is 0.662. The van der Waals surface area contributed by atoms with E-state index in [1.807, 2.05) is 11.3 Å². The Hall–Kier alpha value is -6.54. The highest BCUT2D eigenvalue weighted by Crippen LogP contribution is 2.58. The van der Waals surface area contributed by atoms with Crippen LogP contribution in [0.2, 0.25) is 0 Å². The summed E-state index contributed by atoms with van der Waals surface area (Å²) in [6.45, 7) is 4.85. The number of fused-ring (bicyclic) bond motifs is 12. The van der Waals surface area contributed by atoms with E-state index in [-0.39, 0.29) is 5.41 Å². The molecule has 0 fully saturated rings. The highest BCUT2D eigenvalue weighted by atomic mass is 32.1. The van der Waals surface area contributed by atoms with Crippen LogP contribution in [-0.4, -0.2) is 0 Å². The van der Waals surface area contributed by atoms with Gasteiger partial charge in [0.05, 0.1) is 0 Å². The van der Waals surface area contributed by atoms with Crippen molar-refractivity contribution in [3.8, 4) is 44.5 Å². The number of rotatable bonds is 3. The molecular weight excluding hydrogens is 693 g/mol. The van der Waals surface area contributed by atoms with E-state index in [0.717, 1.165) is 0 Å². The summed E-state index contributed by atoms with van der Waals surface area (Å²) in [6, 6.07) is 68.1. The minimum atomic E-state index is -0.169. The summed E-state index contributed by atoms with van der Waals surface area (Å²) < 4.78 is 2.72. The standard InChI is InChI=1S/C55H36S/c1-55(2)47-25-12-11-24-44(47)52-51-45-29-28-34-15-5-6-19-39(34)54(45)56-48(51)32-46(53(52)55)36-17-13-18-37(31-36)49-40-20-7-9-22-42(40)50(43-23-10-8-21-41(43)49)38-27-26-33-14-3-4-16-35(33)30-38/h3-32H,1-2H3. The average Bonchev–Trinajstić information content (AvgIpc) is 3.74. The molecule has 1 heteroatoms. The van der Waals surface area contributed by atoms with Crippen LogP contribution in [0.1, 0.15) is 25.0 Å². The van der Waals surface area contributed by atoms with E-state index in [4.69, 9.17) is 0 Å². The maximum absolute atomic E-state index is 2.51. The van der Waals surface area contributed by atoms with Gasteiger partial charge in [-0.25, -0.2) is 0 Å². The highest BCUT2D eigenvalue weighted by molar-refractivity contribution is 7.26. The Morgan fingerprint density at radius 3 is 1.68 bits per heavy atom. The normalized spacial score (nSPS) is 13.3. The van der Waals surface area contributed by atoms with Crippen LogP contribution in [0.15, 0.2) is 182 Å². The van der Waals surface area contributed by atoms with E-state index in [1.54, 1.807) is 0 Å². The van der Waals surface area contributed by atoms with Gasteiger partial charge in [0.15, 0.2) is 0 Å². The van der Waals surface area contributed by atoms with Crippen molar-refractivity contribution in [3.05, 3.63) is 193 Å². The molecule has 12 rings (SSSR count). The Bertz CT molecular complexity index is 3390. The smallest absolute Gasteiger partial charge is 0.0434 e. The predicted molar refractivity (Wildman–Crippen MR) is 243 cm³/mol. The molecule has 0 saturated heterocycles. The van der Waals surface area contributed by atoms with Gasteiger partial charge in [0.2, 0.25) is 0 Å². The van der Waals surface area contributed by atoms with E-state index in [9.17, 15) is 0 Å². The molecule has 1 heterocycles. The van der Waals surface area contributed by atoms with Crippen molar-refractivity contribution in [3.63, 3.8) is 0 Å². The largest absolute Gasteiger partial charge is 0.134 e. The number of thiophene rings is 1. The summed E-state index contributed by atoms with van der Waals surface area (Å²) in [5.41, 5.74) is 13.1. The Morgan fingerprint density at radius 2 is 0.946 bits per heavy atom. The van der Waals surface area contributed by atoms with Crippen LogP contribution < -0.4 is 0 Å². The van der Waals surface area contributed by atoms with Crippen LogP contribution in [0.25, 0.3) is 108 Å². The van der Waals surface area contributed by atoms with Crippen molar-refractivity contribution < 1.29 is 0 Å². The molecule has 0 spiro atoms. The minimum Gasteiger partial charge on any atom is -0.134 e. The SMILES string of the molecule is CC1(C)c2ccccc2-c2c1c(-c1cccc(-c3c4ccccc4c(-c4ccc5ccccc5c4)c4ccccc34)c1)cc1sc3c4ccccc4ccc3c21. The van der Waals surface area contributed by atoms with Gasteiger partial charge in [-0.2, -0.15) is 0 Å². The lowest BCUT2D eigenvalue weighted by Gasteiger charge is -2.25. The molecule has 10 aromatic carbocycles. The monoisotopic (exact) mass is 728 g/mol. The fourth-order valence-corrected chi connectivity index (χ4v) is 11.4. The third-order valence-electron chi connectivity index (χ3n) is 12.6. The van der Waals surface area contributed by atoms with Gasteiger partial charge in [-0.05, 0) is 117 Å². The third-order valence-corrected chi connectivity index (χ3v) is 13.8. The van der Waals surface area contributed by atoms with Gasteiger partial charge in [0.25, 0.3) is 0 Å². The van der Waals surface area contributed by atoms with Crippen molar-refractivity contribution in [1.82, 2.24) is 0 Å². The molecule has 11 aromatic rings. The predicted octanol–water partition coefficient (Wildman–Crippen LogP) is 16.0. The second-order valence-electron chi connectivity index (χ2n) is 16.0. The van der Waals surface area contributed by atoms with Gasteiger partial charge in [-0.1, -0.05) is 178 Å². The van der Waals surface area contributed by atoms with Crippen LogP contribution in [-0.2, 0) is 5.41 Å². The first-order valence-corrected chi connectivity index (χ1v) is 20.4. The lowest BCUT2D eigenvalue weighted by Crippen LogP contribution is -2.16. The quantitative estimate of drug-likeness (QED) is 0.159. The molecule has 0 saturated carbocycles. The van der Waals surface area contributed by atoms with Crippen LogP contribution >= 0.6 is 11.3 Å². The highest BCUT2D eigenvalue weighted by Gasteiger charge is 2.39.